The van der Waals surface area contributed by atoms with Crippen molar-refractivity contribution >= 4 is 12.4 Å². The molecule has 1 aromatic heterocycles. The molecule has 96 valence electrons. The Morgan fingerprint density at radius 2 is 1.89 bits per heavy atom. The van der Waals surface area contributed by atoms with Gasteiger partial charge in [0.05, 0.1) is 13.2 Å². The van der Waals surface area contributed by atoms with Crippen molar-refractivity contribution in [1.29, 1.82) is 0 Å². The molecule has 0 saturated carbocycles. The zero-order chi connectivity index (χ0) is 11.9. The number of aliphatic hydroxyl groups excluding tert-OH is 1. The maximum Gasteiger partial charge on any atom is 0.102 e. The second-order valence-electron chi connectivity index (χ2n) is 3.80. The molecule has 0 aliphatic heterocycles. The van der Waals surface area contributed by atoms with Gasteiger partial charge in [0.15, 0.2) is 0 Å². The minimum atomic E-state index is -0.576. The topological polar surface area (TPSA) is 42.4 Å². The van der Waals surface area contributed by atoms with Gasteiger partial charge in [-0.15, -0.1) is 12.4 Å². The maximum absolute atomic E-state index is 9.86. The number of ether oxygens (including phenoxy) is 1. The van der Waals surface area contributed by atoms with Crippen molar-refractivity contribution in [2.24, 2.45) is 0 Å². The number of hydrogen-bond donors (Lipinski definition) is 1. The fourth-order valence-electron chi connectivity index (χ4n) is 1.54. The third-order valence-electron chi connectivity index (χ3n) is 2.45. The van der Waals surface area contributed by atoms with Gasteiger partial charge in [-0.05, 0) is 17.2 Å². The SMILES string of the molecule is Cl.OC(COCc1cccnc1)c1ccccc1. The molecule has 1 N–H and O–H groups in total. The molecule has 2 rings (SSSR count). The molecule has 0 aliphatic rings. The van der Waals surface area contributed by atoms with E-state index in [0.717, 1.165) is 11.1 Å². The van der Waals surface area contributed by atoms with Crippen LogP contribution < -0.4 is 0 Å². The molecule has 1 heterocycles. The van der Waals surface area contributed by atoms with Crippen molar-refractivity contribution < 1.29 is 9.84 Å². The zero-order valence-corrected chi connectivity index (χ0v) is 10.7. The van der Waals surface area contributed by atoms with Crippen molar-refractivity contribution in [1.82, 2.24) is 4.98 Å². The van der Waals surface area contributed by atoms with E-state index < -0.39 is 6.10 Å². The van der Waals surface area contributed by atoms with Gasteiger partial charge in [-0.3, -0.25) is 4.98 Å². The van der Waals surface area contributed by atoms with Crippen LogP contribution in [0.15, 0.2) is 54.9 Å². The van der Waals surface area contributed by atoms with Gasteiger partial charge in [-0.1, -0.05) is 36.4 Å². The van der Waals surface area contributed by atoms with Crippen LogP contribution >= 0.6 is 12.4 Å². The van der Waals surface area contributed by atoms with E-state index in [1.807, 2.05) is 42.5 Å². The summed E-state index contributed by atoms with van der Waals surface area (Å²) in [5.74, 6) is 0. The summed E-state index contributed by atoms with van der Waals surface area (Å²) in [6, 6.07) is 13.3. The van der Waals surface area contributed by atoms with Crippen molar-refractivity contribution in [3.8, 4) is 0 Å². The van der Waals surface area contributed by atoms with Crippen LogP contribution in [0.1, 0.15) is 17.2 Å². The lowest BCUT2D eigenvalue weighted by atomic mass is 10.1. The van der Waals surface area contributed by atoms with E-state index in [-0.39, 0.29) is 12.4 Å². The highest BCUT2D eigenvalue weighted by Gasteiger charge is 2.06. The summed E-state index contributed by atoms with van der Waals surface area (Å²) in [6.45, 7) is 0.761. The van der Waals surface area contributed by atoms with Gasteiger partial charge < -0.3 is 9.84 Å². The molecule has 1 unspecified atom stereocenters. The molecule has 3 nitrogen and oxygen atoms in total. The highest BCUT2D eigenvalue weighted by molar-refractivity contribution is 5.85. The van der Waals surface area contributed by atoms with Gasteiger partial charge in [0.2, 0.25) is 0 Å². The number of pyridine rings is 1. The molecule has 0 radical (unpaired) electrons. The Balaban J connectivity index is 0.00000162. The first-order valence-corrected chi connectivity index (χ1v) is 5.56. The van der Waals surface area contributed by atoms with Crippen molar-refractivity contribution in [3.63, 3.8) is 0 Å². The first-order valence-electron chi connectivity index (χ1n) is 5.56. The molecule has 1 atom stereocenters. The van der Waals surface area contributed by atoms with E-state index in [1.165, 1.54) is 0 Å². The lowest BCUT2D eigenvalue weighted by molar-refractivity contribution is 0.0276. The molecule has 0 amide bonds. The summed E-state index contributed by atoms with van der Waals surface area (Å²) in [4.78, 5) is 4.00. The Morgan fingerprint density at radius 1 is 1.11 bits per heavy atom. The fourth-order valence-corrected chi connectivity index (χ4v) is 1.54. The Bertz CT molecular complexity index is 436. The molecule has 2 aromatic rings. The second kappa shape index (κ2) is 7.82. The summed E-state index contributed by atoms with van der Waals surface area (Å²) >= 11 is 0. The van der Waals surface area contributed by atoms with Gasteiger partial charge in [0.1, 0.15) is 6.10 Å². The molecule has 1 aromatic carbocycles. The van der Waals surface area contributed by atoms with Crippen molar-refractivity contribution in [2.75, 3.05) is 6.61 Å². The lowest BCUT2D eigenvalue weighted by Crippen LogP contribution is -2.07. The minimum Gasteiger partial charge on any atom is -0.386 e. The maximum atomic E-state index is 9.86. The average Bonchev–Trinajstić information content (AvgIpc) is 2.41. The number of hydrogen-bond acceptors (Lipinski definition) is 3. The van der Waals surface area contributed by atoms with Crippen LogP contribution in [-0.2, 0) is 11.3 Å². The number of aromatic nitrogens is 1. The summed E-state index contributed by atoms with van der Waals surface area (Å²) in [7, 11) is 0. The lowest BCUT2D eigenvalue weighted by Gasteiger charge is -2.11. The number of nitrogens with zero attached hydrogens (tertiary/aromatic N) is 1. The summed E-state index contributed by atoms with van der Waals surface area (Å²) in [6.07, 6.45) is 2.91. The van der Waals surface area contributed by atoms with Crippen molar-refractivity contribution in [3.05, 3.63) is 66.0 Å². The zero-order valence-electron chi connectivity index (χ0n) is 9.90. The van der Waals surface area contributed by atoms with E-state index >= 15 is 0 Å². The number of halogens is 1. The second-order valence-corrected chi connectivity index (χ2v) is 3.80. The van der Waals surface area contributed by atoms with Crippen LogP contribution in [0.2, 0.25) is 0 Å². The number of aliphatic hydroxyl groups is 1. The standard InChI is InChI=1S/C14H15NO2.ClH/c16-14(13-6-2-1-3-7-13)11-17-10-12-5-4-8-15-9-12;/h1-9,14,16H,10-11H2;1H. The first kappa shape index (κ1) is 14.6. The molecule has 0 spiro atoms. The summed E-state index contributed by atoms with van der Waals surface area (Å²) in [5, 5.41) is 9.86. The largest absolute Gasteiger partial charge is 0.386 e. The Labute approximate surface area is 113 Å². The molecule has 0 saturated heterocycles. The first-order chi connectivity index (χ1) is 8.36. The van der Waals surface area contributed by atoms with Gasteiger partial charge in [0.25, 0.3) is 0 Å². The van der Waals surface area contributed by atoms with E-state index in [4.69, 9.17) is 4.74 Å². The van der Waals surface area contributed by atoms with Crippen LogP contribution in [-0.4, -0.2) is 16.7 Å². The van der Waals surface area contributed by atoms with E-state index in [9.17, 15) is 5.11 Å². The fraction of sp³-hybridized carbons (Fsp3) is 0.214. The summed E-state index contributed by atoms with van der Waals surface area (Å²) in [5.41, 5.74) is 1.88. The van der Waals surface area contributed by atoms with Gasteiger partial charge in [-0.2, -0.15) is 0 Å². The van der Waals surface area contributed by atoms with E-state index in [0.29, 0.717) is 13.2 Å². The molecule has 0 fully saturated rings. The Hall–Kier alpha value is -1.42. The van der Waals surface area contributed by atoms with Gasteiger partial charge in [0, 0.05) is 12.4 Å². The molecule has 0 aliphatic carbocycles. The Morgan fingerprint density at radius 3 is 2.56 bits per heavy atom. The summed E-state index contributed by atoms with van der Waals surface area (Å²) < 4.78 is 5.45. The predicted molar refractivity (Wildman–Crippen MR) is 72.5 cm³/mol. The van der Waals surface area contributed by atoms with Crippen LogP contribution in [0.5, 0.6) is 0 Å². The molecule has 18 heavy (non-hydrogen) atoms. The van der Waals surface area contributed by atoms with Crippen LogP contribution in [0.25, 0.3) is 0 Å². The number of benzene rings is 1. The molecular formula is C14H16ClNO2. The molecule has 4 heteroatoms. The predicted octanol–water partition coefficient (Wildman–Crippen LogP) is 2.75. The van der Waals surface area contributed by atoms with Gasteiger partial charge in [-0.25, -0.2) is 0 Å². The molecule has 0 bridgehead atoms. The monoisotopic (exact) mass is 265 g/mol. The molecular weight excluding hydrogens is 250 g/mol. The third-order valence-corrected chi connectivity index (χ3v) is 2.45. The highest BCUT2D eigenvalue weighted by atomic mass is 35.5. The van der Waals surface area contributed by atoms with E-state index in [1.54, 1.807) is 12.4 Å². The normalized spacial score (nSPS) is 11.6. The van der Waals surface area contributed by atoms with Crippen molar-refractivity contribution in [2.45, 2.75) is 12.7 Å². The smallest absolute Gasteiger partial charge is 0.102 e. The third kappa shape index (κ3) is 4.45. The average molecular weight is 266 g/mol. The van der Waals surface area contributed by atoms with Crippen LogP contribution in [0.4, 0.5) is 0 Å². The number of rotatable bonds is 5. The highest BCUT2D eigenvalue weighted by Crippen LogP contribution is 2.12. The minimum absolute atomic E-state index is 0. The van der Waals surface area contributed by atoms with Crippen LogP contribution in [0, 0.1) is 0 Å². The quantitative estimate of drug-likeness (QED) is 0.904. The van der Waals surface area contributed by atoms with Crippen LogP contribution in [0.3, 0.4) is 0 Å². The van der Waals surface area contributed by atoms with Gasteiger partial charge >= 0.3 is 0 Å². The Kier molecular flexibility index (Phi) is 6.36. The van der Waals surface area contributed by atoms with E-state index in [2.05, 4.69) is 4.98 Å².